The number of hydrogen-bond acceptors (Lipinski definition) is 4. The molecule has 0 aliphatic carbocycles. The molecule has 0 saturated heterocycles. The Hall–Kier alpha value is -3.71. The van der Waals surface area contributed by atoms with Crippen molar-refractivity contribution >= 4 is 29.2 Å². The monoisotopic (exact) mass is 471 g/mol. The number of hydrogen-bond donors (Lipinski definition) is 2. The lowest BCUT2D eigenvalue weighted by Gasteiger charge is -2.19. The summed E-state index contributed by atoms with van der Waals surface area (Å²) in [5.41, 5.74) is 6.51. The van der Waals surface area contributed by atoms with E-state index in [0.29, 0.717) is 24.2 Å². The average Bonchev–Trinajstić information content (AvgIpc) is 3.32. The maximum Gasteiger partial charge on any atom is 0.259 e. The van der Waals surface area contributed by atoms with Crippen molar-refractivity contribution in [1.29, 1.82) is 0 Å². The molecule has 7 heteroatoms. The first kappa shape index (κ1) is 24.4. The van der Waals surface area contributed by atoms with Crippen LogP contribution in [-0.2, 0) is 11.3 Å². The predicted molar refractivity (Wildman–Crippen MR) is 140 cm³/mol. The highest BCUT2D eigenvalue weighted by atomic mass is 16.2. The number of nitrogens with one attached hydrogen (secondary N) is 2. The Morgan fingerprint density at radius 2 is 1.94 bits per heavy atom. The van der Waals surface area contributed by atoms with E-state index in [4.69, 9.17) is 0 Å². The number of benzene rings is 1. The Morgan fingerprint density at radius 3 is 2.60 bits per heavy atom. The number of amides is 2. The number of fused-ring (bicyclic) bond motifs is 1. The lowest BCUT2D eigenvalue weighted by molar-refractivity contribution is -0.113. The van der Waals surface area contributed by atoms with Gasteiger partial charge in [0.2, 0.25) is 0 Å². The Balaban J connectivity index is 1.66. The molecular weight excluding hydrogens is 438 g/mol. The number of rotatable bonds is 9. The minimum absolute atomic E-state index is 0.101. The molecule has 7 nitrogen and oxygen atoms in total. The number of aryl methyl sites for hydroxylation is 2. The van der Waals surface area contributed by atoms with Gasteiger partial charge in [-0.1, -0.05) is 26.0 Å². The fraction of sp³-hybridized carbons (Fsp3) is 0.321. The SMILES string of the molecule is CCN(CC)CCNC(=O)c1ccc2c(c1)N(Cc1ccccn1)C(=O)/C2=C\c1[nH]c(C)cc1C. The topological polar surface area (TPSA) is 81.3 Å². The van der Waals surface area contributed by atoms with E-state index in [1.54, 1.807) is 17.2 Å². The number of nitrogens with zero attached hydrogens (tertiary/aromatic N) is 3. The van der Waals surface area contributed by atoms with Crippen LogP contribution in [0.3, 0.4) is 0 Å². The summed E-state index contributed by atoms with van der Waals surface area (Å²) >= 11 is 0. The third-order valence-electron chi connectivity index (χ3n) is 6.45. The molecule has 35 heavy (non-hydrogen) atoms. The molecule has 4 rings (SSSR count). The second-order valence-electron chi connectivity index (χ2n) is 8.83. The van der Waals surface area contributed by atoms with Gasteiger partial charge in [0, 0.05) is 41.8 Å². The molecule has 2 N–H and O–H groups in total. The van der Waals surface area contributed by atoms with Crippen molar-refractivity contribution < 1.29 is 9.59 Å². The second kappa shape index (κ2) is 10.7. The van der Waals surface area contributed by atoms with Crippen LogP contribution in [0, 0.1) is 13.8 Å². The zero-order valence-corrected chi connectivity index (χ0v) is 20.9. The zero-order valence-electron chi connectivity index (χ0n) is 20.9. The van der Waals surface area contributed by atoms with Crippen molar-refractivity contribution in [3.63, 3.8) is 0 Å². The first-order valence-electron chi connectivity index (χ1n) is 12.2. The van der Waals surface area contributed by atoms with Crippen LogP contribution < -0.4 is 10.2 Å². The van der Waals surface area contributed by atoms with E-state index < -0.39 is 0 Å². The van der Waals surface area contributed by atoms with Crippen molar-refractivity contribution in [2.24, 2.45) is 0 Å². The summed E-state index contributed by atoms with van der Waals surface area (Å²) in [6.45, 7) is 11.8. The molecule has 0 saturated carbocycles. The van der Waals surface area contributed by atoms with Gasteiger partial charge in [-0.3, -0.25) is 14.6 Å². The lowest BCUT2D eigenvalue weighted by Crippen LogP contribution is -2.34. The van der Waals surface area contributed by atoms with E-state index in [0.717, 1.165) is 53.5 Å². The second-order valence-corrected chi connectivity index (χ2v) is 8.83. The van der Waals surface area contributed by atoms with Gasteiger partial charge in [0.15, 0.2) is 0 Å². The van der Waals surface area contributed by atoms with Gasteiger partial charge in [-0.2, -0.15) is 0 Å². The van der Waals surface area contributed by atoms with Gasteiger partial charge >= 0.3 is 0 Å². The molecule has 0 spiro atoms. The van der Waals surface area contributed by atoms with E-state index in [1.165, 1.54) is 0 Å². The summed E-state index contributed by atoms with van der Waals surface area (Å²) < 4.78 is 0. The molecule has 1 aliphatic heterocycles. The maximum absolute atomic E-state index is 13.6. The predicted octanol–water partition coefficient (Wildman–Crippen LogP) is 4.19. The van der Waals surface area contributed by atoms with Crippen LogP contribution in [-0.4, -0.2) is 52.9 Å². The summed E-state index contributed by atoms with van der Waals surface area (Å²) in [6, 6.07) is 13.2. The van der Waals surface area contributed by atoms with E-state index in [1.807, 2.05) is 50.3 Å². The van der Waals surface area contributed by atoms with Crippen LogP contribution in [0.25, 0.3) is 11.6 Å². The standard InChI is InChI=1S/C28H33N5O2/c1-5-32(6-2)14-13-30-27(34)21-10-11-23-24(17-25-19(3)15-20(4)31-25)28(35)33(26(23)16-21)18-22-9-7-8-12-29-22/h7-12,15-17,31H,5-6,13-14,18H2,1-4H3,(H,30,34)/b24-17-. The van der Waals surface area contributed by atoms with Gasteiger partial charge in [-0.15, -0.1) is 0 Å². The normalized spacial score (nSPS) is 14.1. The number of H-pyrrole nitrogens is 1. The molecule has 3 heterocycles. The minimum atomic E-state index is -0.140. The first-order valence-corrected chi connectivity index (χ1v) is 12.2. The summed E-state index contributed by atoms with van der Waals surface area (Å²) in [7, 11) is 0. The fourth-order valence-electron chi connectivity index (χ4n) is 4.46. The Bertz CT molecular complexity index is 1240. The highest BCUT2D eigenvalue weighted by Crippen LogP contribution is 2.39. The molecule has 0 atom stereocenters. The molecule has 2 amide bonds. The Kier molecular flexibility index (Phi) is 7.46. The van der Waals surface area contributed by atoms with E-state index >= 15 is 0 Å². The van der Waals surface area contributed by atoms with E-state index in [-0.39, 0.29) is 11.8 Å². The quantitative estimate of drug-likeness (QED) is 0.459. The third-order valence-corrected chi connectivity index (χ3v) is 6.45. The van der Waals surface area contributed by atoms with Crippen LogP contribution in [0.4, 0.5) is 5.69 Å². The number of aromatic amines is 1. The summed E-state index contributed by atoms with van der Waals surface area (Å²) in [6.07, 6.45) is 3.63. The van der Waals surface area contributed by atoms with Crippen LogP contribution in [0.15, 0.2) is 48.7 Å². The van der Waals surface area contributed by atoms with Crippen molar-refractivity contribution in [2.45, 2.75) is 34.2 Å². The first-order chi connectivity index (χ1) is 16.9. The molecule has 3 aromatic rings. The maximum atomic E-state index is 13.6. The third kappa shape index (κ3) is 5.35. The smallest absolute Gasteiger partial charge is 0.259 e. The van der Waals surface area contributed by atoms with Gasteiger partial charge in [0.1, 0.15) is 0 Å². The van der Waals surface area contributed by atoms with Crippen LogP contribution in [0.5, 0.6) is 0 Å². The number of aromatic nitrogens is 2. The largest absolute Gasteiger partial charge is 0.359 e. The molecule has 1 aliphatic rings. The number of likely N-dealkylation sites (N-methyl/N-ethyl adjacent to an activating group) is 1. The Labute approximate surface area is 206 Å². The molecule has 1 aromatic carbocycles. The van der Waals surface area contributed by atoms with E-state index in [2.05, 4.69) is 40.1 Å². The van der Waals surface area contributed by atoms with Crippen LogP contribution in [0.1, 0.15) is 52.4 Å². The van der Waals surface area contributed by atoms with Crippen molar-refractivity contribution in [3.8, 4) is 0 Å². The zero-order chi connectivity index (χ0) is 24.9. The molecule has 0 bridgehead atoms. The van der Waals surface area contributed by atoms with Crippen LogP contribution in [0.2, 0.25) is 0 Å². The molecule has 182 valence electrons. The van der Waals surface area contributed by atoms with Gasteiger partial charge in [-0.25, -0.2) is 0 Å². The average molecular weight is 472 g/mol. The lowest BCUT2D eigenvalue weighted by atomic mass is 10.0. The van der Waals surface area contributed by atoms with Crippen molar-refractivity contribution in [1.82, 2.24) is 20.2 Å². The molecule has 0 fully saturated rings. The number of carbonyl (C=O) groups is 2. The summed E-state index contributed by atoms with van der Waals surface area (Å²) in [4.78, 5) is 38.2. The van der Waals surface area contributed by atoms with E-state index in [9.17, 15) is 9.59 Å². The van der Waals surface area contributed by atoms with Gasteiger partial charge < -0.3 is 20.1 Å². The van der Waals surface area contributed by atoms with Gasteiger partial charge in [0.05, 0.1) is 23.5 Å². The highest BCUT2D eigenvalue weighted by molar-refractivity contribution is 6.36. The van der Waals surface area contributed by atoms with Gasteiger partial charge in [-0.05, 0) is 68.9 Å². The minimum Gasteiger partial charge on any atom is -0.359 e. The fourth-order valence-corrected chi connectivity index (χ4v) is 4.46. The Morgan fingerprint density at radius 1 is 1.14 bits per heavy atom. The number of pyridine rings is 1. The van der Waals surface area contributed by atoms with Crippen molar-refractivity contribution in [3.05, 3.63) is 82.4 Å². The van der Waals surface area contributed by atoms with Crippen LogP contribution >= 0.6 is 0 Å². The van der Waals surface area contributed by atoms with Crippen molar-refractivity contribution in [2.75, 3.05) is 31.1 Å². The number of carbonyl (C=O) groups excluding carboxylic acids is 2. The molecular formula is C28H33N5O2. The molecule has 0 unspecified atom stereocenters. The summed E-state index contributed by atoms with van der Waals surface area (Å²) in [5.74, 6) is -0.241. The highest BCUT2D eigenvalue weighted by Gasteiger charge is 2.33. The molecule has 2 aromatic heterocycles. The number of anilines is 1. The summed E-state index contributed by atoms with van der Waals surface area (Å²) in [5, 5.41) is 3.01. The van der Waals surface area contributed by atoms with Gasteiger partial charge in [0.25, 0.3) is 11.8 Å². The molecule has 0 radical (unpaired) electrons.